The molecular weight excluding hydrogens is 314 g/mol. The number of sulfonamides is 1. The first-order valence-electron chi connectivity index (χ1n) is 6.85. The first-order valence-corrected chi connectivity index (χ1v) is 8.29. The Morgan fingerprint density at radius 1 is 1.09 bits per heavy atom. The minimum Gasteiger partial charge on any atom is -0.508 e. The molecule has 0 spiro atoms. The number of phenols is 1. The molecule has 2 aromatic rings. The summed E-state index contributed by atoms with van der Waals surface area (Å²) in [6.45, 7) is 0. The number of hydrogen-bond donors (Lipinski definition) is 1. The number of nitrogens with zero attached hydrogens (tertiary/aromatic N) is 1. The number of carbonyl (C=O) groups excluding carboxylic acids is 1. The molecule has 1 N–H and O–H groups in total. The molecular formula is C17H17NO4S. The van der Waals surface area contributed by atoms with Crippen molar-refractivity contribution >= 4 is 21.9 Å². The summed E-state index contributed by atoms with van der Waals surface area (Å²) in [7, 11) is -0.602. The van der Waals surface area contributed by atoms with E-state index in [4.69, 9.17) is 0 Å². The Bertz CT molecular complexity index is 837. The van der Waals surface area contributed by atoms with Crippen molar-refractivity contribution in [1.82, 2.24) is 4.31 Å². The molecule has 0 saturated carbocycles. The van der Waals surface area contributed by atoms with Gasteiger partial charge in [0.15, 0.2) is 5.78 Å². The summed E-state index contributed by atoms with van der Waals surface area (Å²) >= 11 is 0. The number of phenolic OH excluding ortho intramolecular Hbond substituents is 1. The van der Waals surface area contributed by atoms with Gasteiger partial charge in [-0.2, -0.15) is 0 Å². The zero-order valence-corrected chi connectivity index (χ0v) is 13.6. The maximum absolute atomic E-state index is 12.1. The third-order valence-corrected chi connectivity index (χ3v) is 5.04. The third-order valence-electron chi connectivity index (χ3n) is 3.21. The van der Waals surface area contributed by atoms with Gasteiger partial charge in [-0.3, -0.25) is 4.79 Å². The highest BCUT2D eigenvalue weighted by Gasteiger charge is 2.17. The summed E-state index contributed by atoms with van der Waals surface area (Å²) in [6, 6.07) is 12.3. The van der Waals surface area contributed by atoms with Crippen LogP contribution >= 0.6 is 0 Å². The lowest BCUT2D eigenvalue weighted by molar-refractivity contribution is 0.104. The zero-order valence-electron chi connectivity index (χ0n) is 12.8. The fourth-order valence-electron chi connectivity index (χ4n) is 1.90. The van der Waals surface area contributed by atoms with Gasteiger partial charge in [0.25, 0.3) is 0 Å². The summed E-state index contributed by atoms with van der Waals surface area (Å²) in [5.41, 5.74) is 1.09. The molecule has 6 heteroatoms. The van der Waals surface area contributed by atoms with E-state index in [0.717, 1.165) is 4.31 Å². The van der Waals surface area contributed by atoms with Crippen LogP contribution in [0, 0.1) is 0 Å². The van der Waals surface area contributed by atoms with Crippen molar-refractivity contribution in [2.45, 2.75) is 4.90 Å². The molecule has 0 fully saturated rings. The number of allylic oxidation sites excluding steroid dienone is 1. The smallest absolute Gasteiger partial charge is 0.242 e. The minimum absolute atomic E-state index is 0.123. The van der Waals surface area contributed by atoms with E-state index in [0.29, 0.717) is 11.1 Å². The molecule has 2 rings (SSSR count). The molecule has 120 valence electrons. The van der Waals surface area contributed by atoms with E-state index >= 15 is 0 Å². The molecule has 0 unspecified atom stereocenters. The fraction of sp³-hybridized carbons (Fsp3) is 0.118. The molecule has 0 heterocycles. The summed E-state index contributed by atoms with van der Waals surface area (Å²) in [4.78, 5) is 12.2. The van der Waals surface area contributed by atoms with Crippen molar-refractivity contribution in [3.05, 3.63) is 65.7 Å². The fourth-order valence-corrected chi connectivity index (χ4v) is 2.80. The third kappa shape index (κ3) is 4.06. The number of carbonyl (C=O) groups is 1. The average molecular weight is 331 g/mol. The summed E-state index contributed by atoms with van der Waals surface area (Å²) in [6.07, 6.45) is 2.97. The van der Waals surface area contributed by atoms with Gasteiger partial charge in [-0.1, -0.05) is 18.2 Å². The molecule has 23 heavy (non-hydrogen) atoms. The lowest BCUT2D eigenvalue weighted by Gasteiger charge is -2.11. The van der Waals surface area contributed by atoms with Crippen LogP contribution in [-0.2, 0) is 10.0 Å². The zero-order chi connectivity index (χ0) is 17.0. The SMILES string of the molecule is CN(C)S(=O)(=O)c1ccc(C(=O)C=Cc2cccc(O)c2)cc1. The summed E-state index contributed by atoms with van der Waals surface area (Å²) < 4.78 is 25.0. The molecule has 0 saturated heterocycles. The molecule has 0 aromatic heterocycles. The largest absolute Gasteiger partial charge is 0.508 e. The van der Waals surface area contributed by atoms with Crippen molar-refractivity contribution in [2.75, 3.05) is 14.1 Å². The minimum atomic E-state index is -3.50. The lowest BCUT2D eigenvalue weighted by Crippen LogP contribution is -2.22. The van der Waals surface area contributed by atoms with Crippen LogP contribution in [0.4, 0.5) is 0 Å². The predicted molar refractivity (Wildman–Crippen MR) is 88.8 cm³/mol. The highest BCUT2D eigenvalue weighted by molar-refractivity contribution is 7.89. The quantitative estimate of drug-likeness (QED) is 0.675. The van der Waals surface area contributed by atoms with Gasteiger partial charge < -0.3 is 5.11 Å². The maximum atomic E-state index is 12.1. The Labute approximate surface area is 135 Å². The van der Waals surface area contributed by atoms with Gasteiger partial charge in [-0.05, 0) is 48.0 Å². The molecule has 0 amide bonds. The van der Waals surface area contributed by atoms with Crippen LogP contribution < -0.4 is 0 Å². The van der Waals surface area contributed by atoms with Gasteiger partial charge in [0.2, 0.25) is 10.0 Å². The molecule has 0 aliphatic carbocycles. The number of hydrogen-bond acceptors (Lipinski definition) is 4. The number of rotatable bonds is 5. The molecule has 0 aliphatic rings. The maximum Gasteiger partial charge on any atom is 0.242 e. The monoisotopic (exact) mass is 331 g/mol. The van der Waals surface area contributed by atoms with Crippen molar-refractivity contribution in [3.8, 4) is 5.75 Å². The first kappa shape index (κ1) is 16.9. The van der Waals surface area contributed by atoms with Crippen LogP contribution in [0.3, 0.4) is 0 Å². The highest BCUT2D eigenvalue weighted by atomic mass is 32.2. The second-order valence-corrected chi connectivity index (χ2v) is 7.26. The van der Waals surface area contributed by atoms with Gasteiger partial charge in [0.05, 0.1) is 4.90 Å². The van der Waals surface area contributed by atoms with Gasteiger partial charge in [0, 0.05) is 19.7 Å². The van der Waals surface area contributed by atoms with Gasteiger partial charge in [-0.15, -0.1) is 0 Å². The van der Waals surface area contributed by atoms with Gasteiger partial charge in [0.1, 0.15) is 5.75 Å². The van der Waals surface area contributed by atoms with Crippen LogP contribution in [0.15, 0.2) is 59.5 Å². The van der Waals surface area contributed by atoms with E-state index < -0.39 is 10.0 Å². The van der Waals surface area contributed by atoms with Gasteiger partial charge >= 0.3 is 0 Å². The van der Waals surface area contributed by atoms with Crippen LogP contribution in [0.2, 0.25) is 0 Å². The molecule has 0 bridgehead atoms. The van der Waals surface area contributed by atoms with Crippen LogP contribution in [0.25, 0.3) is 6.08 Å². The molecule has 5 nitrogen and oxygen atoms in total. The second kappa shape index (κ2) is 6.76. The lowest BCUT2D eigenvalue weighted by atomic mass is 10.1. The van der Waals surface area contributed by atoms with Crippen molar-refractivity contribution in [1.29, 1.82) is 0 Å². The Balaban J connectivity index is 2.18. The molecule has 0 radical (unpaired) electrons. The Kier molecular flexibility index (Phi) is 4.98. The number of aromatic hydroxyl groups is 1. The Morgan fingerprint density at radius 3 is 2.30 bits per heavy atom. The first-order chi connectivity index (χ1) is 10.8. The average Bonchev–Trinajstić information content (AvgIpc) is 2.52. The topological polar surface area (TPSA) is 74.7 Å². The van der Waals surface area contributed by atoms with E-state index in [1.54, 1.807) is 24.3 Å². The van der Waals surface area contributed by atoms with E-state index in [2.05, 4.69) is 0 Å². The molecule has 2 aromatic carbocycles. The van der Waals surface area contributed by atoms with E-state index in [1.807, 2.05) is 0 Å². The van der Waals surface area contributed by atoms with Crippen LogP contribution in [-0.4, -0.2) is 37.7 Å². The van der Waals surface area contributed by atoms with Crippen molar-refractivity contribution in [2.24, 2.45) is 0 Å². The normalized spacial score (nSPS) is 12.0. The Morgan fingerprint density at radius 2 is 1.74 bits per heavy atom. The Hall–Kier alpha value is -2.44. The van der Waals surface area contributed by atoms with Crippen molar-refractivity contribution in [3.63, 3.8) is 0 Å². The molecule has 0 atom stereocenters. The predicted octanol–water partition coefficient (Wildman–Crippen LogP) is 2.54. The van der Waals surface area contributed by atoms with E-state index in [1.165, 1.54) is 50.5 Å². The standard InChI is InChI=1S/C17H17NO4S/c1-18(2)23(21,22)16-9-7-14(8-10-16)17(20)11-6-13-4-3-5-15(19)12-13/h3-12,19H,1-2H3. The van der Waals surface area contributed by atoms with Crippen LogP contribution in [0.5, 0.6) is 5.75 Å². The van der Waals surface area contributed by atoms with E-state index in [9.17, 15) is 18.3 Å². The summed E-state index contributed by atoms with van der Waals surface area (Å²) in [5.74, 6) is -0.125. The van der Waals surface area contributed by atoms with Gasteiger partial charge in [-0.25, -0.2) is 12.7 Å². The highest BCUT2D eigenvalue weighted by Crippen LogP contribution is 2.16. The number of ketones is 1. The molecule has 0 aliphatic heterocycles. The summed E-state index contributed by atoms with van der Waals surface area (Å²) in [5, 5.41) is 9.37. The van der Waals surface area contributed by atoms with Crippen LogP contribution in [0.1, 0.15) is 15.9 Å². The van der Waals surface area contributed by atoms with Crippen molar-refractivity contribution < 1.29 is 18.3 Å². The van der Waals surface area contributed by atoms with E-state index in [-0.39, 0.29) is 16.4 Å². The number of benzene rings is 2. The second-order valence-electron chi connectivity index (χ2n) is 5.10.